The molecule has 5 heteroatoms. The molecule has 0 atom stereocenters. The molecule has 3 nitrogen and oxygen atoms in total. The van der Waals surface area contributed by atoms with Gasteiger partial charge in [-0.3, -0.25) is 0 Å². The lowest BCUT2D eigenvalue weighted by Crippen LogP contribution is -2.13. The summed E-state index contributed by atoms with van der Waals surface area (Å²) in [5.41, 5.74) is 1.19. The second-order valence-electron chi connectivity index (χ2n) is 4.19. The van der Waals surface area contributed by atoms with Crippen LogP contribution < -0.4 is 0 Å². The quantitative estimate of drug-likeness (QED) is 0.913. The number of benzene rings is 2. The Hall–Kier alpha value is -2.27. The van der Waals surface area contributed by atoms with Crippen LogP contribution in [0.25, 0.3) is 0 Å². The van der Waals surface area contributed by atoms with E-state index in [-0.39, 0.29) is 0 Å². The minimum absolute atomic E-state index is 0.398. The summed E-state index contributed by atoms with van der Waals surface area (Å²) in [7, 11) is 0. The maximum atomic E-state index is 12.9. The van der Waals surface area contributed by atoms with E-state index in [9.17, 15) is 13.6 Å². The van der Waals surface area contributed by atoms with Gasteiger partial charge in [0.1, 0.15) is 24.3 Å². The second-order valence-corrected chi connectivity index (χ2v) is 4.19. The Balaban J connectivity index is 2.30. The fraction of sp³-hybridized carbons (Fsp3) is 0.133. The number of hydrogen-bond donors (Lipinski definition) is 1. The zero-order valence-corrected chi connectivity index (χ0v) is 10.4. The van der Waals surface area contributed by atoms with Crippen molar-refractivity contribution in [2.24, 2.45) is 0 Å². The molecule has 0 fully saturated rings. The molecule has 0 spiro atoms. The Morgan fingerprint density at radius 1 is 0.950 bits per heavy atom. The molecule has 2 rings (SSSR count). The average Bonchev–Trinajstić information content (AvgIpc) is 2.42. The number of carboxylic acid groups (broad SMARTS) is 1. The van der Waals surface area contributed by atoms with Crippen molar-refractivity contribution in [1.82, 2.24) is 0 Å². The molecule has 2 aromatic carbocycles. The molecule has 0 aliphatic rings. The molecule has 0 heterocycles. The van der Waals surface area contributed by atoms with Crippen LogP contribution in [0.15, 0.2) is 48.5 Å². The van der Waals surface area contributed by atoms with Crippen LogP contribution in [0.1, 0.15) is 17.2 Å². The summed E-state index contributed by atoms with van der Waals surface area (Å²) in [6, 6.07) is 11.1. The summed E-state index contributed by atoms with van der Waals surface area (Å²) in [6.07, 6.45) is -0.688. The first kappa shape index (κ1) is 14.1. The molecule has 0 aliphatic carbocycles. The van der Waals surface area contributed by atoms with E-state index in [0.717, 1.165) is 0 Å². The summed E-state index contributed by atoms with van der Waals surface area (Å²) in [5, 5.41) is 8.70. The van der Waals surface area contributed by atoms with E-state index in [4.69, 9.17) is 9.84 Å². The van der Waals surface area contributed by atoms with E-state index >= 15 is 0 Å². The Morgan fingerprint density at radius 2 is 1.35 bits per heavy atom. The van der Waals surface area contributed by atoms with E-state index in [2.05, 4.69) is 0 Å². The van der Waals surface area contributed by atoms with Gasteiger partial charge in [-0.2, -0.15) is 0 Å². The van der Waals surface area contributed by atoms with Crippen LogP contribution in [0.2, 0.25) is 0 Å². The van der Waals surface area contributed by atoms with Gasteiger partial charge in [-0.05, 0) is 35.4 Å². The number of ether oxygens (including phenoxy) is 1. The van der Waals surface area contributed by atoms with Gasteiger partial charge in [0, 0.05) is 0 Å². The molecule has 0 radical (unpaired) electrons. The summed E-state index contributed by atoms with van der Waals surface area (Å²) in [4.78, 5) is 10.6. The van der Waals surface area contributed by atoms with Gasteiger partial charge in [0.25, 0.3) is 0 Å². The summed E-state index contributed by atoms with van der Waals surface area (Å²) in [5.74, 6) is -1.91. The normalized spacial score (nSPS) is 10.8. The molecule has 0 unspecified atom stereocenters. The Kier molecular flexibility index (Phi) is 4.42. The summed E-state index contributed by atoms with van der Waals surface area (Å²) >= 11 is 0. The molecule has 0 saturated heterocycles. The molecule has 0 aromatic heterocycles. The largest absolute Gasteiger partial charge is 0.480 e. The fourth-order valence-corrected chi connectivity index (χ4v) is 1.81. The smallest absolute Gasteiger partial charge is 0.329 e. The zero-order chi connectivity index (χ0) is 14.5. The van der Waals surface area contributed by atoms with Crippen LogP contribution in [0.4, 0.5) is 8.78 Å². The predicted molar refractivity (Wildman–Crippen MR) is 68.2 cm³/mol. The van der Waals surface area contributed by atoms with Crippen LogP contribution in [-0.2, 0) is 9.53 Å². The SMILES string of the molecule is O=C(O)COC(c1ccc(F)cc1)c1ccc(F)cc1. The zero-order valence-electron chi connectivity index (χ0n) is 10.4. The minimum Gasteiger partial charge on any atom is -0.480 e. The molecule has 1 N–H and O–H groups in total. The lowest BCUT2D eigenvalue weighted by atomic mass is 10.0. The van der Waals surface area contributed by atoms with Gasteiger partial charge in [-0.15, -0.1) is 0 Å². The van der Waals surface area contributed by atoms with E-state index < -0.39 is 30.3 Å². The number of carboxylic acids is 1. The van der Waals surface area contributed by atoms with Gasteiger partial charge in [-0.25, -0.2) is 13.6 Å². The highest BCUT2D eigenvalue weighted by Crippen LogP contribution is 2.26. The van der Waals surface area contributed by atoms with Crippen molar-refractivity contribution in [3.63, 3.8) is 0 Å². The summed E-state index contributed by atoms with van der Waals surface area (Å²) < 4.78 is 31.2. The van der Waals surface area contributed by atoms with Crippen molar-refractivity contribution in [1.29, 1.82) is 0 Å². The van der Waals surface area contributed by atoms with Gasteiger partial charge in [0.05, 0.1) is 0 Å². The van der Waals surface area contributed by atoms with E-state index in [1.807, 2.05) is 0 Å². The van der Waals surface area contributed by atoms with Crippen molar-refractivity contribution in [2.75, 3.05) is 6.61 Å². The Labute approximate surface area is 114 Å². The highest BCUT2D eigenvalue weighted by Gasteiger charge is 2.16. The molecule has 0 amide bonds. The first-order valence-electron chi connectivity index (χ1n) is 5.90. The van der Waals surface area contributed by atoms with Crippen molar-refractivity contribution in [3.05, 3.63) is 71.3 Å². The van der Waals surface area contributed by atoms with E-state index in [1.165, 1.54) is 48.5 Å². The monoisotopic (exact) mass is 278 g/mol. The first-order chi connectivity index (χ1) is 9.56. The third-order valence-electron chi connectivity index (χ3n) is 2.72. The molecular formula is C15H12F2O3. The highest BCUT2D eigenvalue weighted by molar-refractivity contribution is 5.68. The molecule has 20 heavy (non-hydrogen) atoms. The summed E-state index contributed by atoms with van der Waals surface area (Å²) in [6.45, 7) is -0.501. The predicted octanol–water partition coefficient (Wildman–Crippen LogP) is 3.16. The van der Waals surface area contributed by atoms with Crippen LogP contribution >= 0.6 is 0 Å². The Bertz CT molecular complexity index is 534. The lowest BCUT2D eigenvalue weighted by molar-refractivity contribution is -0.143. The molecule has 0 aliphatic heterocycles. The van der Waals surface area contributed by atoms with Crippen LogP contribution in [0.3, 0.4) is 0 Å². The molecule has 104 valence electrons. The molecule has 0 saturated carbocycles. The maximum Gasteiger partial charge on any atom is 0.329 e. The Morgan fingerprint density at radius 3 is 1.70 bits per heavy atom. The van der Waals surface area contributed by atoms with E-state index in [0.29, 0.717) is 11.1 Å². The number of hydrogen-bond acceptors (Lipinski definition) is 2. The van der Waals surface area contributed by atoms with Crippen LogP contribution in [0, 0.1) is 11.6 Å². The van der Waals surface area contributed by atoms with Crippen LogP contribution in [0.5, 0.6) is 0 Å². The van der Waals surface area contributed by atoms with Gasteiger partial charge < -0.3 is 9.84 Å². The van der Waals surface area contributed by atoms with Crippen molar-refractivity contribution in [3.8, 4) is 0 Å². The number of halogens is 2. The third-order valence-corrected chi connectivity index (χ3v) is 2.72. The molecule has 2 aromatic rings. The van der Waals surface area contributed by atoms with Crippen molar-refractivity contribution >= 4 is 5.97 Å². The maximum absolute atomic E-state index is 12.9. The van der Waals surface area contributed by atoms with Crippen LogP contribution in [-0.4, -0.2) is 17.7 Å². The van der Waals surface area contributed by atoms with E-state index in [1.54, 1.807) is 0 Å². The lowest BCUT2D eigenvalue weighted by Gasteiger charge is -2.18. The number of rotatable bonds is 5. The van der Waals surface area contributed by atoms with Gasteiger partial charge in [-0.1, -0.05) is 24.3 Å². The number of carbonyl (C=O) groups is 1. The topological polar surface area (TPSA) is 46.5 Å². The van der Waals surface area contributed by atoms with Gasteiger partial charge in [0.15, 0.2) is 0 Å². The van der Waals surface area contributed by atoms with Crippen molar-refractivity contribution in [2.45, 2.75) is 6.10 Å². The fourth-order valence-electron chi connectivity index (χ4n) is 1.81. The molecular weight excluding hydrogens is 266 g/mol. The van der Waals surface area contributed by atoms with Gasteiger partial charge in [0.2, 0.25) is 0 Å². The minimum atomic E-state index is -1.11. The second kappa shape index (κ2) is 6.25. The van der Waals surface area contributed by atoms with Crippen molar-refractivity contribution < 1.29 is 23.4 Å². The van der Waals surface area contributed by atoms with Gasteiger partial charge >= 0.3 is 5.97 Å². The highest BCUT2D eigenvalue weighted by atomic mass is 19.1. The molecule has 0 bridgehead atoms. The average molecular weight is 278 g/mol. The third kappa shape index (κ3) is 3.61. The standard InChI is InChI=1S/C15H12F2O3/c16-12-5-1-10(2-6-12)15(20-9-14(18)19)11-3-7-13(17)8-4-11/h1-8,15H,9H2,(H,18,19). The first-order valence-corrected chi connectivity index (χ1v) is 5.90. The number of aliphatic carboxylic acids is 1.